The first-order valence-electron chi connectivity index (χ1n) is 4.99. The third-order valence-corrected chi connectivity index (χ3v) is 2.96. The zero-order valence-corrected chi connectivity index (χ0v) is 10.1. The van der Waals surface area contributed by atoms with E-state index in [0.29, 0.717) is 5.02 Å². The standard InChI is InChI=1S/C12H7Cl2N3/c13-7-1-2-8-9(6-16-11(8)5-7)10-3-4-15-12(14)17-10/h1-6,16H. The quantitative estimate of drug-likeness (QED) is 0.676. The summed E-state index contributed by atoms with van der Waals surface area (Å²) in [5, 5.41) is 2.00. The Labute approximate surface area is 107 Å². The smallest absolute Gasteiger partial charge is 0.222 e. The third-order valence-electron chi connectivity index (χ3n) is 2.55. The first kappa shape index (κ1) is 10.6. The Hall–Kier alpha value is -1.58. The van der Waals surface area contributed by atoms with E-state index in [2.05, 4.69) is 15.0 Å². The van der Waals surface area contributed by atoms with Crippen LogP contribution in [0.3, 0.4) is 0 Å². The van der Waals surface area contributed by atoms with E-state index in [-0.39, 0.29) is 5.28 Å². The molecule has 1 aromatic carbocycles. The third kappa shape index (κ3) is 1.88. The lowest BCUT2D eigenvalue weighted by Gasteiger charge is -1.98. The van der Waals surface area contributed by atoms with Crippen molar-refractivity contribution >= 4 is 34.1 Å². The van der Waals surface area contributed by atoms with Crippen LogP contribution in [0.25, 0.3) is 22.2 Å². The van der Waals surface area contributed by atoms with E-state index in [1.54, 1.807) is 6.20 Å². The van der Waals surface area contributed by atoms with E-state index in [1.165, 1.54) is 0 Å². The number of aromatic nitrogens is 3. The highest BCUT2D eigenvalue weighted by Gasteiger charge is 2.08. The Morgan fingerprint density at radius 1 is 1.12 bits per heavy atom. The predicted molar refractivity (Wildman–Crippen MR) is 69.3 cm³/mol. The van der Waals surface area contributed by atoms with E-state index in [9.17, 15) is 0 Å². The molecular formula is C12H7Cl2N3. The van der Waals surface area contributed by atoms with Gasteiger partial charge >= 0.3 is 0 Å². The van der Waals surface area contributed by atoms with Crippen molar-refractivity contribution in [2.24, 2.45) is 0 Å². The van der Waals surface area contributed by atoms with Crippen molar-refractivity contribution in [3.05, 3.63) is 47.0 Å². The highest BCUT2D eigenvalue weighted by Crippen LogP contribution is 2.29. The molecule has 0 saturated carbocycles. The molecule has 0 radical (unpaired) electrons. The fraction of sp³-hybridized carbons (Fsp3) is 0. The van der Waals surface area contributed by atoms with Gasteiger partial charge in [-0.3, -0.25) is 0 Å². The predicted octanol–water partition coefficient (Wildman–Crippen LogP) is 3.93. The first-order chi connectivity index (χ1) is 8.24. The topological polar surface area (TPSA) is 41.6 Å². The van der Waals surface area contributed by atoms with Gasteiger partial charge in [0.25, 0.3) is 0 Å². The van der Waals surface area contributed by atoms with E-state index in [4.69, 9.17) is 23.2 Å². The Morgan fingerprint density at radius 3 is 2.82 bits per heavy atom. The molecule has 0 spiro atoms. The molecule has 2 aromatic heterocycles. The van der Waals surface area contributed by atoms with Gasteiger partial charge in [0.15, 0.2) is 0 Å². The molecule has 3 rings (SSSR count). The molecule has 0 amide bonds. The Morgan fingerprint density at radius 2 is 2.00 bits per heavy atom. The maximum atomic E-state index is 5.93. The second-order valence-electron chi connectivity index (χ2n) is 3.60. The number of H-pyrrole nitrogens is 1. The summed E-state index contributed by atoms with van der Waals surface area (Å²) in [5.74, 6) is 0. The van der Waals surface area contributed by atoms with Crippen LogP contribution in [0.1, 0.15) is 0 Å². The number of fused-ring (bicyclic) bond motifs is 1. The first-order valence-corrected chi connectivity index (χ1v) is 5.75. The maximum Gasteiger partial charge on any atom is 0.222 e. The molecule has 84 valence electrons. The summed E-state index contributed by atoms with van der Waals surface area (Å²) in [6.07, 6.45) is 3.53. The number of benzene rings is 1. The fourth-order valence-electron chi connectivity index (χ4n) is 1.80. The maximum absolute atomic E-state index is 5.93. The molecule has 0 atom stereocenters. The normalized spacial score (nSPS) is 10.9. The number of rotatable bonds is 1. The molecule has 0 aliphatic carbocycles. The van der Waals surface area contributed by atoms with Crippen LogP contribution in [-0.2, 0) is 0 Å². The number of halogens is 2. The fourth-order valence-corrected chi connectivity index (χ4v) is 2.11. The van der Waals surface area contributed by atoms with E-state index in [1.807, 2.05) is 30.5 Å². The van der Waals surface area contributed by atoms with Crippen molar-refractivity contribution in [2.75, 3.05) is 0 Å². The van der Waals surface area contributed by atoms with Gasteiger partial charge in [-0.2, -0.15) is 0 Å². The highest BCUT2D eigenvalue weighted by atomic mass is 35.5. The lowest BCUT2D eigenvalue weighted by atomic mass is 10.1. The molecule has 1 N–H and O–H groups in total. The Kier molecular flexibility index (Phi) is 2.50. The van der Waals surface area contributed by atoms with Gasteiger partial charge in [0.1, 0.15) is 0 Å². The lowest BCUT2D eigenvalue weighted by Crippen LogP contribution is -1.85. The average Bonchev–Trinajstić information content (AvgIpc) is 2.71. The molecular weight excluding hydrogens is 257 g/mol. The summed E-state index contributed by atoms with van der Waals surface area (Å²) in [6, 6.07) is 7.51. The zero-order chi connectivity index (χ0) is 11.8. The summed E-state index contributed by atoms with van der Waals surface area (Å²) in [6.45, 7) is 0. The highest BCUT2D eigenvalue weighted by molar-refractivity contribution is 6.31. The van der Waals surface area contributed by atoms with Crippen molar-refractivity contribution in [3.8, 4) is 11.3 Å². The monoisotopic (exact) mass is 263 g/mol. The second kappa shape index (κ2) is 4.02. The molecule has 0 unspecified atom stereocenters. The minimum atomic E-state index is 0.241. The van der Waals surface area contributed by atoms with Crippen molar-refractivity contribution in [1.82, 2.24) is 15.0 Å². The number of nitrogens with one attached hydrogen (secondary N) is 1. The molecule has 0 aliphatic rings. The van der Waals surface area contributed by atoms with Gasteiger partial charge in [-0.1, -0.05) is 17.7 Å². The van der Waals surface area contributed by atoms with Crippen molar-refractivity contribution in [2.45, 2.75) is 0 Å². The molecule has 3 aromatic rings. The molecule has 0 aliphatic heterocycles. The van der Waals surface area contributed by atoms with Gasteiger partial charge in [0.2, 0.25) is 5.28 Å². The number of hydrogen-bond donors (Lipinski definition) is 1. The summed E-state index contributed by atoms with van der Waals surface area (Å²) in [7, 11) is 0. The summed E-state index contributed by atoms with van der Waals surface area (Å²) < 4.78 is 0. The summed E-state index contributed by atoms with van der Waals surface area (Å²) in [4.78, 5) is 11.2. The van der Waals surface area contributed by atoms with Gasteiger partial charge in [0, 0.05) is 33.9 Å². The minimum Gasteiger partial charge on any atom is -0.360 e. The van der Waals surface area contributed by atoms with Crippen LogP contribution >= 0.6 is 23.2 Å². The van der Waals surface area contributed by atoms with E-state index >= 15 is 0 Å². The lowest BCUT2D eigenvalue weighted by molar-refractivity contribution is 1.17. The van der Waals surface area contributed by atoms with Crippen LogP contribution in [0.4, 0.5) is 0 Å². The Bertz CT molecular complexity index is 691. The number of aromatic amines is 1. The second-order valence-corrected chi connectivity index (χ2v) is 4.38. The number of hydrogen-bond acceptors (Lipinski definition) is 2. The van der Waals surface area contributed by atoms with Gasteiger partial charge in [-0.05, 0) is 29.8 Å². The van der Waals surface area contributed by atoms with Crippen LogP contribution in [-0.4, -0.2) is 15.0 Å². The van der Waals surface area contributed by atoms with Gasteiger partial charge in [-0.15, -0.1) is 0 Å². The molecule has 3 nitrogen and oxygen atoms in total. The minimum absolute atomic E-state index is 0.241. The van der Waals surface area contributed by atoms with Crippen molar-refractivity contribution in [1.29, 1.82) is 0 Å². The number of nitrogens with zero attached hydrogens (tertiary/aromatic N) is 2. The SMILES string of the molecule is Clc1ccc2c(-c3ccnc(Cl)n3)c[nH]c2c1. The molecule has 0 bridgehead atoms. The van der Waals surface area contributed by atoms with Crippen LogP contribution in [0.15, 0.2) is 36.7 Å². The molecule has 5 heteroatoms. The summed E-state index contributed by atoms with van der Waals surface area (Å²) in [5.41, 5.74) is 2.75. The molecule has 2 heterocycles. The summed E-state index contributed by atoms with van der Waals surface area (Å²) >= 11 is 11.7. The van der Waals surface area contributed by atoms with Gasteiger partial charge in [-0.25, -0.2) is 9.97 Å². The van der Waals surface area contributed by atoms with Gasteiger partial charge in [0.05, 0.1) is 5.69 Å². The van der Waals surface area contributed by atoms with Crippen LogP contribution in [0.5, 0.6) is 0 Å². The largest absolute Gasteiger partial charge is 0.360 e. The molecule has 17 heavy (non-hydrogen) atoms. The van der Waals surface area contributed by atoms with Crippen LogP contribution < -0.4 is 0 Å². The van der Waals surface area contributed by atoms with E-state index < -0.39 is 0 Å². The van der Waals surface area contributed by atoms with E-state index in [0.717, 1.165) is 22.2 Å². The zero-order valence-electron chi connectivity index (χ0n) is 8.61. The molecule has 0 fully saturated rings. The van der Waals surface area contributed by atoms with Gasteiger partial charge < -0.3 is 4.98 Å². The van der Waals surface area contributed by atoms with Crippen LogP contribution in [0, 0.1) is 0 Å². The molecule has 0 saturated heterocycles. The van der Waals surface area contributed by atoms with Crippen LogP contribution in [0.2, 0.25) is 10.3 Å². The van der Waals surface area contributed by atoms with Crippen molar-refractivity contribution in [3.63, 3.8) is 0 Å². The average molecular weight is 264 g/mol. The van der Waals surface area contributed by atoms with Crippen molar-refractivity contribution < 1.29 is 0 Å². The Balaban J connectivity index is 2.24.